The Morgan fingerprint density at radius 1 is 1.25 bits per heavy atom. The van der Waals surface area contributed by atoms with Crippen LogP contribution in [0, 0.1) is 11.8 Å². The van der Waals surface area contributed by atoms with Crippen LogP contribution in [0.25, 0.3) is 0 Å². The zero-order valence-corrected chi connectivity index (χ0v) is 14.5. The average molecular weight is 287 g/mol. The number of amides is 1. The van der Waals surface area contributed by atoms with Gasteiger partial charge in [0, 0.05) is 19.9 Å². The van der Waals surface area contributed by atoms with Crippen LogP contribution >= 0.6 is 0 Å². The van der Waals surface area contributed by atoms with Gasteiger partial charge in [0.2, 0.25) is 5.91 Å². The molecule has 1 amide bonds. The Hall–Kier alpha value is -0.570. The van der Waals surface area contributed by atoms with Crippen LogP contribution in [-0.2, 0) is 4.79 Å². The van der Waals surface area contributed by atoms with Crippen molar-refractivity contribution in [3.05, 3.63) is 0 Å². The number of hydrogen-bond donors (Lipinski definition) is 1. The predicted molar refractivity (Wildman–Crippen MR) is 90.0 cm³/mol. The second-order valence-corrected chi connectivity index (χ2v) is 5.96. The van der Waals surface area contributed by atoms with E-state index in [1.165, 1.54) is 25.9 Å². The van der Waals surface area contributed by atoms with Gasteiger partial charge in [-0.2, -0.15) is 0 Å². The lowest BCUT2D eigenvalue weighted by Gasteiger charge is -2.34. The van der Waals surface area contributed by atoms with Gasteiger partial charge in [-0.05, 0) is 58.5 Å². The summed E-state index contributed by atoms with van der Waals surface area (Å²) in [6, 6.07) is 0.677. The zero-order valence-electron chi connectivity index (χ0n) is 14.5. The highest BCUT2D eigenvalue weighted by Crippen LogP contribution is 2.21. The summed E-state index contributed by atoms with van der Waals surface area (Å²) in [5.41, 5.74) is 0. The summed E-state index contributed by atoms with van der Waals surface area (Å²) < 4.78 is 0. The van der Waals surface area contributed by atoms with Crippen LogP contribution in [0.15, 0.2) is 0 Å². The van der Waals surface area contributed by atoms with E-state index in [9.17, 15) is 4.79 Å². The lowest BCUT2D eigenvalue weighted by atomic mass is 9.93. The molecule has 0 saturated carbocycles. The van der Waals surface area contributed by atoms with Gasteiger partial charge in [0.1, 0.15) is 0 Å². The van der Waals surface area contributed by atoms with Gasteiger partial charge in [-0.3, -0.25) is 4.79 Å². The van der Waals surface area contributed by atoms with E-state index in [0.29, 0.717) is 6.04 Å². The topological polar surface area (TPSA) is 32.3 Å². The van der Waals surface area contributed by atoms with E-state index in [0.717, 1.165) is 25.3 Å². The van der Waals surface area contributed by atoms with Gasteiger partial charge in [-0.25, -0.2) is 0 Å². The molecule has 1 aliphatic heterocycles. The minimum absolute atomic E-state index is 0. The number of rotatable bonds is 6. The highest BCUT2D eigenvalue weighted by Gasteiger charge is 2.20. The smallest absolute Gasteiger partial charge is 0.222 e. The first-order valence-electron chi connectivity index (χ1n) is 8.56. The van der Waals surface area contributed by atoms with Crippen molar-refractivity contribution in [3.63, 3.8) is 0 Å². The minimum atomic E-state index is 0. The van der Waals surface area contributed by atoms with Gasteiger partial charge in [-0.15, -0.1) is 0 Å². The highest BCUT2D eigenvalue weighted by atomic mass is 16.1. The summed E-state index contributed by atoms with van der Waals surface area (Å²) in [7, 11) is 0. The summed E-state index contributed by atoms with van der Waals surface area (Å²) in [5, 5.41) is 3.06. The Balaban J connectivity index is 0. The van der Waals surface area contributed by atoms with E-state index in [2.05, 4.69) is 31.0 Å². The molecule has 1 aliphatic rings. The van der Waals surface area contributed by atoms with Crippen molar-refractivity contribution in [1.82, 2.24) is 10.2 Å². The number of likely N-dealkylation sites (tertiary alicyclic amines) is 1. The van der Waals surface area contributed by atoms with Crippen LogP contribution in [0.3, 0.4) is 0 Å². The molecule has 1 unspecified atom stereocenters. The molecule has 1 N–H and O–H groups in total. The molecule has 122 valence electrons. The fraction of sp³-hybridized carbons (Fsp3) is 0.941. The summed E-state index contributed by atoms with van der Waals surface area (Å²) in [6.45, 7) is 15.9. The molecule has 0 bridgehead atoms. The third kappa shape index (κ3) is 7.28. The number of nitrogens with zero attached hydrogens (tertiary/aromatic N) is 1. The first-order chi connectivity index (χ1) is 9.54. The second kappa shape index (κ2) is 11.1. The maximum atomic E-state index is 11.6. The van der Waals surface area contributed by atoms with Crippen molar-refractivity contribution in [3.8, 4) is 0 Å². The number of carbonyl (C=O) groups excluding carboxylic acids is 1. The quantitative estimate of drug-likeness (QED) is 0.802. The number of nitrogens with one attached hydrogen (secondary N) is 1. The summed E-state index contributed by atoms with van der Waals surface area (Å²) >= 11 is 0. The summed E-state index contributed by atoms with van der Waals surface area (Å²) in [6.07, 6.45) is 4.65. The molecule has 0 radical (unpaired) electrons. The third-order valence-electron chi connectivity index (χ3n) is 4.29. The van der Waals surface area contributed by atoms with E-state index < -0.39 is 0 Å². The molecular formula is C17H38N2O. The molecule has 1 fully saturated rings. The van der Waals surface area contributed by atoms with Crippen LogP contribution in [0.2, 0.25) is 0 Å². The molecular weight excluding hydrogens is 248 g/mol. The molecule has 1 heterocycles. The Bertz CT molecular complexity index is 251. The summed E-state index contributed by atoms with van der Waals surface area (Å²) in [5.74, 6) is 1.18. The number of hydrogen-bond acceptors (Lipinski definition) is 2. The fourth-order valence-electron chi connectivity index (χ4n) is 2.52. The molecule has 0 spiro atoms. The largest absolute Gasteiger partial charge is 0.356 e. The van der Waals surface area contributed by atoms with Gasteiger partial charge in [0.25, 0.3) is 0 Å². The predicted octanol–water partition coefficient (Wildman–Crippen LogP) is 3.93. The first kappa shape index (κ1) is 19.4. The third-order valence-corrected chi connectivity index (χ3v) is 4.29. The van der Waals surface area contributed by atoms with Crippen molar-refractivity contribution in [2.75, 3.05) is 19.6 Å². The normalized spacial score (nSPS) is 18.4. The molecule has 3 heteroatoms. The first-order valence-corrected chi connectivity index (χ1v) is 8.56. The summed E-state index contributed by atoms with van der Waals surface area (Å²) in [4.78, 5) is 14.2. The fourth-order valence-corrected chi connectivity index (χ4v) is 2.52. The monoisotopic (exact) mass is 286 g/mol. The Kier molecular flexibility index (Phi) is 10.8. The lowest BCUT2D eigenvalue weighted by molar-refractivity contribution is -0.124. The van der Waals surface area contributed by atoms with Gasteiger partial charge >= 0.3 is 0 Å². The van der Waals surface area contributed by atoms with E-state index in [-0.39, 0.29) is 13.3 Å². The van der Waals surface area contributed by atoms with E-state index in [1.807, 2.05) is 20.8 Å². The zero-order chi connectivity index (χ0) is 15.5. The molecule has 0 aliphatic carbocycles. The molecule has 0 aromatic carbocycles. The maximum Gasteiger partial charge on any atom is 0.222 e. The SMILES string of the molecule is CC.CCC(C)C(=O)NCCC1CCN(C(C)C)CC1.[HH]. The van der Waals surface area contributed by atoms with Crippen LogP contribution in [0.4, 0.5) is 0 Å². The number of piperidine rings is 1. The maximum absolute atomic E-state index is 11.6. The van der Waals surface area contributed by atoms with Gasteiger partial charge in [-0.1, -0.05) is 27.7 Å². The Morgan fingerprint density at radius 2 is 1.80 bits per heavy atom. The van der Waals surface area contributed by atoms with E-state index in [4.69, 9.17) is 0 Å². The highest BCUT2D eigenvalue weighted by molar-refractivity contribution is 5.78. The molecule has 20 heavy (non-hydrogen) atoms. The Labute approximate surface area is 128 Å². The van der Waals surface area contributed by atoms with Crippen LogP contribution in [0.1, 0.15) is 68.7 Å². The molecule has 1 atom stereocenters. The Morgan fingerprint density at radius 3 is 2.25 bits per heavy atom. The average Bonchev–Trinajstić information content (AvgIpc) is 2.48. The molecule has 1 saturated heterocycles. The van der Waals surface area contributed by atoms with Gasteiger partial charge in [0.15, 0.2) is 0 Å². The molecule has 0 aromatic rings. The van der Waals surface area contributed by atoms with E-state index in [1.54, 1.807) is 0 Å². The van der Waals surface area contributed by atoms with Gasteiger partial charge < -0.3 is 10.2 Å². The van der Waals surface area contributed by atoms with Crippen LogP contribution < -0.4 is 5.32 Å². The molecule has 3 nitrogen and oxygen atoms in total. The van der Waals surface area contributed by atoms with E-state index >= 15 is 0 Å². The lowest BCUT2D eigenvalue weighted by Crippen LogP contribution is -2.39. The van der Waals surface area contributed by atoms with Crippen LogP contribution in [-0.4, -0.2) is 36.5 Å². The molecule has 1 rings (SSSR count). The van der Waals surface area contributed by atoms with Crippen molar-refractivity contribution in [1.29, 1.82) is 0 Å². The number of carbonyl (C=O) groups is 1. The van der Waals surface area contributed by atoms with Crippen LogP contribution in [0.5, 0.6) is 0 Å². The molecule has 0 aromatic heterocycles. The van der Waals surface area contributed by atoms with Crippen molar-refractivity contribution < 1.29 is 6.22 Å². The van der Waals surface area contributed by atoms with Gasteiger partial charge in [0.05, 0.1) is 0 Å². The van der Waals surface area contributed by atoms with Crippen molar-refractivity contribution in [2.45, 2.75) is 73.3 Å². The van der Waals surface area contributed by atoms with Crippen molar-refractivity contribution in [2.24, 2.45) is 11.8 Å². The minimum Gasteiger partial charge on any atom is -0.356 e. The standard InChI is InChI=1S/C15H30N2O.C2H6.H2/c1-5-13(4)15(18)16-9-6-14-7-10-17(11-8-14)12(2)3;1-2;/h12-14H,5-11H2,1-4H3,(H,16,18);1-2H3;1H. The second-order valence-electron chi connectivity index (χ2n) is 5.96. The van der Waals surface area contributed by atoms with Crippen molar-refractivity contribution >= 4 is 5.91 Å².